The van der Waals surface area contributed by atoms with Crippen LogP contribution >= 0.6 is 23.2 Å². The highest BCUT2D eigenvalue weighted by Crippen LogP contribution is 2.63. The van der Waals surface area contributed by atoms with Crippen molar-refractivity contribution in [3.8, 4) is 0 Å². The molecular weight excluding hydrogens is 876 g/mol. The molecule has 0 radical (unpaired) electrons. The van der Waals surface area contributed by atoms with E-state index in [1.165, 1.54) is 6.07 Å². The van der Waals surface area contributed by atoms with Crippen molar-refractivity contribution in [3.05, 3.63) is 128 Å². The number of anilines is 2. The number of imide groups is 2. The van der Waals surface area contributed by atoms with Crippen molar-refractivity contribution >= 4 is 75.8 Å². The molecule has 9 rings (SSSR count). The van der Waals surface area contributed by atoms with Crippen LogP contribution in [-0.4, -0.2) is 77.0 Å². The highest BCUT2D eigenvalue weighted by atomic mass is 35.5. The third-order valence-corrected chi connectivity index (χ3v) is 14.3. The smallest absolute Gasteiger partial charge is 0.262 e. The number of piperidine rings is 1. The predicted octanol–water partition coefficient (Wildman–Crippen LogP) is 7.43. The van der Waals surface area contributed by atoms with Crippen LogP contribution in [0.2, 0.25) is 10.0 Å². The lowest BCUT2D eigenvalue weighted by molar-refractivity contribution is -0.136. The molecule has 5 aliphatic rings. The van der Waals surface area contributed by atoms with Gasteiger partial charge in [-0.2, -0.15) is 0 Å². The Bertz CT molecular complexity index is 2650. The number of hydrogen-bond acceptors (Lipinski definition) is 9. The maximum Gasteiger partial charge on any atom is 0.262 e. The Labute approximate surface area is 384 Å². The van der Waals surface area contributed by atoms with E-state index in [9.17, 15) is 33.6 Å². The predicted molar refractivity (Wildman–Crippen MR) is 240 cm³/mol. The van der Waals surface area contributed by atoms with Crippen LogP contribution in [-0.2, 0) is 35.8 Å². The molecule has 0 aromatic heterocycles. The van der Waals surface area contributed by atoms with Crippen molar-refractivity contribution < 1.29 is 42.7 Å². The summed E-state index contributed by atoms with van der Waals surface area (Å²) in [5.74, 6) is -4.78. The first-order valence-electron chi connectivity index (χ1n) is 22.0. The van der Waals surface area contributed by atoms with Crippen LogP contribution in [0.1, 0.15) is 118 Å². The monoisotopic (exact) mass is 921 g/mol. The molecule has 2 saturated heterocycles. The van der Waals surface area contributed by atoms with Gasteiger partial charge in [-0.15, -0.1) is 0 Å². The number of ether oxygens (including phenoxy) is 1. The number of ketones is 1. The number of halogens is 3. The topological polar surface area (TPSA) is 180 Å². The number of hydrogen-bond donors (Lipinski definition) is 4. The summed E-state index contributed by atoms with van der Waals surface area (Å²) in [6, 6.07) is 19.3. The fraction of sp³-hybridized carbons (Fsp3) is 0.367. The summed E-state index contributed by atoms with van der Waals surface area (Å²) in [5.41, 5.74) is 1.12. The molecule has 0 bridgehead atoms. The fourth-order valence-electron chi connectivity index (χ4n) is 10.9. The maximum absolute atomic E-state index is 16.2. The summed E-state index contributed by atoms with van der Waals surface area (Å²) in [4.78, 5) is 93.9. The van der Waals surface area contributed by atoms with Gasteiger partial charge < -0.3 is 15.4 Å². The minimum absolute atomic E-state index is 0.0425. The summed E-state index contributed by atoms with van der Waals surface area (Å²) >= 11 is 12.8. The van der Waals surface area contributed by atoms with E-state index in [4.69, 9.17) is 27.9 Å². The normalized spacial score (nSPS) is 23.2. The second-order valence-electron chi connectivity index (χ2n) is 17.4. The first-order chi connectivity index (χ1) is 31.3. The standard InChI is InChI=1S/C49H46Cl2FN5O8/c50-29-16-19-33-35(26-29)54-47(64)49(33)40(32-11-5-12-34(51)41(32)52)42(56-48(49)22-2-1-3-23-48)44(61)53-30-17-14-27(15-18-30)37(58)13-7-25-65-24-6-9-28-8-4-10-31-39(28)46(63)57(45(31)62)36-20-21-38(59)55-43(36)60/h4-5,8,10-12,14-19,26,36,40,42,56H,1-3,6-7,9,13,20-25H2,(H,53,61)(H,54,64)(H,55,59,60)/t36?,40-,42+,49+/m0/s1. The Kier molecular flexibility index (Phi) is 12.2. The molecule has 4 N–H and O–H groups in total. The molecule has 336 valence electrons. The molecule has 1 saturated carbocycles. The maximum atomic E-state index is 16.2. The Balaban J connectivity index is 0.817. The number of aryl methyl sites for hydroxylation is 1. The van der Waals surface area contributed by atoms with E-state index in [1.54, 1.807) is 72.8 Å². The van der Waals surface area contributed by atoms with Crippen LogP contribution < -0.4 is 21.3 Å². The molecule has 4 aromatic carbocycles. The highest BCUT2D eigenvalue weighted by Gasteiger charge is 2.72. The van der Waals surface area contributed by atoms with E-state index in [0.29, 0.717) is 78.4 Å². The Hall–Kier alpha value is -5.80. The summed E-state index contributed by atoms with van der Waals surface area (Å²) in [5, 5.41) is 12.1. The molecule has 4 heterocycles. The second-order valence-corrected chi connectivity index (χ2v) is 18.3. The quantitative estimate of drug-likeness (QED) is 0.0603. The SMILES string of the molecule is O=C1CCC(N2C(=O)c3cccc(CCCOCCCC(=O)c4ccc(NC(=O)[C@@H]5NC6(CCCCC6)[C@@]6(C(=O)Nc7cc(Cl)ccc76)[C@H]5c5cccc(Cl)c5F)cc4)c3C2=O)C(=O)N1. The Morgan fingerprint density at radius 2 is 1.62 bits per heavy atom. The van der Waals surface area contributed by atoms with E-state index >= 15 is 4.39 Å². The van der Waals surface area contributed by atoms with Gasteiger partial charge in [0.2, 0.25) is 23.6 Å². The zero-order chi connectivity index (χ0) is 45.6. The number of Topliss-reactive ketones (excluding diaryl/α,β-unsaturated/α-hetero) is 1. The average Bonchev–Trinajstić information content (AvgIpc) is 3.85. The third kappa shape index (κ3) is 7.73. The van der Waals surface area contributed by atoms with Gasteiger partial charge in [0, 0.05) is 59.5 Å². The molecule has 4 atom stereocenters. The summed E-state index contributed by atoms with van der Waals surface area (Å²) in [7, 11) is 0. The lowest BCUT2D eigenvalue weighted by Gasteiger charge is -2.47. The van der Waals surface area contributed by atoms with Crippen molar-refractivity contribution in [2.45, 2.75) is 99.6 Å². The van der Waals surface area contributed by atoms with Gasteiger partial charge >= 0.3 is 0 Å². The molecule has 3 fully saturated rings. The summed E-state index contributed by atoms with van der Waals surface area (Å²) in [6.07, 6.45) is 5.53. The number of nitrogens with one attached hydrogen (secondary N) is 4. The molecule has 1 unspecified atom stereocenters. The molecule has 1 aliphatic carbocycles. The van der Waals surface area contributed by atoms with Crippen molar-refractivity contribution in [2.24, 2.45) is 0 Å². The van der Waals surface area contributed by atoms with Gasteiger partial charge in [-0.3, -0.25) is 49.1 Å². The number of carbonyl (C=O) groups is 7. The van der Waals surface area contributed by atoms with E-state index in [2.05, 4.69) is 21.3 Å². The number of carbonyl (C=O) groups excluding carboxylic acids is 7. The first kappa shape index (κ1) is 44.4. The van der Waals surface area contributed by atoms with Crippen LogP contribution in [0.4, 0.5) is 15.8 Å². The number of fused-ring (bicyclic) bond motifs is 4. The van der Waals surface area contributed by atoms with Gasteiger partial charge in [0.15, 0.2) is 5.78 Å². The van der Waals surface area contributed by atoms with Gasteiger partial charge in [-0.25, -0.2) is 4.39 Å². The minimum atomic E-state index is -1.37. The molecule has 4 aromatic rings. The van der Waals surface area contributed by atoms with Crippen molar-refractivity contribution in [3.63, 3.8) is 0 Å². The van der Waals surface area contributed by atoms with E-state index in [-0.39, 0.29) is 52.7 Å². The molecule has 4 aliphatic heterocycles. The van der Waals surface area contributed by atoms with Crippen molar-refractivity contribution in [1.29, 1.82) is 0 Å². The number of nitrogens with zero attached hydrogens (tertiary/aromatic N) is 1. The zero-order valence-corrected chi connectivity index (χ0v) is 36.8. The largest absolute Gasteiger partial charge is 0.381 e. The van der Waals surface area contributed by atoms with Gasteiger partial charge in [0.1, 0.15) is 17.3 Å². The lowest BCUT2D eigenvalue weighted by Crippen LogP contribution is -2.60. The average molecular weight is 923 g/mol. The van der Waals surface area contributed by atoms with Gasteiger partial charge in [0.25, 0.3) is 11.8 Å². The van der Waals surface area contributed by atoms with E-state index in [1.807, 2.05) is 0 Å². The molecule has 2 spiro atoms. The van der Waals surface area contributed by atoms with Crippen LogP contribution in [0.5, 0.6) is 0 Å². The number of rotatable bonds is 13. The second kappa shape index (κ2) is 17.9. The Morgan fingerprint density at radius 3 is 2.38 bits per heavy atom. The summed E-state index contributed by atoms with van der Waals surface area (Å²) in [6.45, 7) is 0.661. The zero-order valence-electron chi connectivity index (χ0n) is 35.3. The van der Waals surface area contributed by atoms with Gasteiger partial charge in [-0.05, 0) is 104 Å². The molecule has 65 heavy (non-hydrogen) atoms. The molecule has 16 heteroatoms. The third-order valence-electron chi connectivity index (χ3n) is 13.8. The molecule has 13 nitrogen and oxygen atoms in total. The molecule has 6 amide bonds. The number of benzene rings is 4. The van der Waals surface area contributed by atoms with Gasteiger partial charge in [-0.1, -0.05) is 72.8 Å². The van der Waals surface area contributed by atoms with E-state index in [0.717, 1.165) is 24.2 Å². The van der Waals surface area contributed by atoms with Crippen LogP contribution in [0.15, 0.2) is 78.9 Å². The van der Waals surface area contributed by atoms with Crippen LogP contribution in [0.3, 0.4) is 0 Å². The van der Waals surface area contributed by atoms with E-state index < -0.39 is 64.3 Å². The first-order valence-corrected chi connectivity index (χ1v) is 22.8. The van der Waals surface area contributed by atoms with Crippen LogP contribution in [0, 0.1) is 5.82 Å². The number of amides is 6. The molecular formula is C49H46Cl2FN5O8. The Morgan fingerprint density at radius 1 is 0.862 bits per heavy atom. The van der Waals surface area contributed by atoms with Crippen LogP contribution in [0.25, 0.3) is 0 Å². The highest BCUT2D eigenvalue weighted by molar-refractivity contribution is 6.31. The fourth-order valence-corrected chi connectivity index (χ4v) is 11.3. The lowest BCUT2D eigenvalue weighted by atomic mass is 9.55. The van der Waals surface area contributed by atoms with Gasteiger partial charge in [0.05, 0.1) is 22.2 Å². The van der Waals surface area contributed by atoms with Crippen molar-refractivity contribution in [2.75, 3.05) is 23.8 Å². The van der Waals surface area contributed by atoms with Crippen molar-refractivity contribution in [1.82, 2.24) is 15.5 Å². The summed E-state index contributed by atoms with van der Waals surface area (Å²) < 4.78 is 22.1. The minimum Gasteiger partial charge on any atom is -0.381 e.